The van der Waals surface area contributed by atoms with Crippen molar-refractivity contribution in [3.8, 4) is 0 Å². The molecule has 3 N–H and O–H groups in total. The number of likely N-dealkylation sites (tertiary alicyclic amines) is 1. The Labute approximate surface area is 125 Å². The molecule has 2 rings (SSSR count). The van der Waals surface area contributed by atoms with Crippen molar-refractivity contribution in [1.29, 1.82) is 0 Å². The first-order chi connectivity index (χ1) is 9.88. The van der Waals surface area contributed by atoms with E-state index in [1.807, 2.05) is 11.8 Å². The molecule has 1 aromatic rings. The molecule has 6 nitrogen and oxygen atoms in total. The van der Waals surface area contributed by atoms with Gasteiger partial charge in [0.1, 0.15) is 0 Å². The molecule has 0 saturated carbocycles. The Balaban J connectivity index is 1.91. The quantitative estimate of drug-likeness (QED) is 0.833. The number of rotatable bonds is 5. The first kappa shape index (κ1) is 15.9. The van der Waals surface area contributed by atoms with Gasteiger partial charge in [-0.15, -0.1) is 0 Å². The lowest BCUT2D eigenvalue weighted by atomic mass is 10.1. The highest BCUT2D eigenvalue weighted by Crippen LogP contribution is 2.15. The molecule has 0 radical (unpaired) electrons. The fourth-order valence-corrected chi connectivity index (χ4v) is 2.90. The van der Waals surface area contributed by atoms with Crippen LogP contribution < -0.4 is 10.5 Å². The number of nitrogens with two attached hydrogens (primary N) is 1. The Morgan fingerprint density at radius 3 is 2.38 bits per heavy atom. The summed E-state index contributed by atoms with van der Waals surface area (Å²) in [5.74, 6) is 0.112. The van der Waals surface area contributed by atoms with Crippen LogP contribution >= 0.6 is 0 Å². The van der Waals surface area contributed by atoms with E-state index in [-0.39, 0.29) is 23.4 Å². The number of primary sulfonamides is 1. The smallest absolute Gasteiger partial charge is 0.238 e. The van der Waals surface area contributed by atoms with Gasteiger partial charge in [0.05, 0.1) is 11.4 Å². The summed E-state index contributed by atoms with van der Waals surface area (Å²) in [5, 5.41) is 8.22. The highest BCUT2D eigenvalue weighted by Gasteiger charge is 2.18. The number of benzene rings is 1. The van der Waals surface area contributed by atoms with Gasteiger partial charge in [-0.2, -0.15) is 0 Å². The molecule has 1 aliphatic heterocycles. The summed E-state index contributed by atoms with van der Waals surface area (Å²) in [6.45, 7) is 3.91. The van der Waals surface area contributed by atoms with Gasteiger partial charge in [-0.05, 0) is 37.5 Å². The van der Waals surface area contributed by atoms with Gasteiger partial charge in [0.25, 0.3) is 0 Å². The summed E-state index contributed by atoms with van der Waals surface area (Å²) in [6, 6.07) is 6.33. The number of nitrogens with one attached hydrogen (secondary N) is 1. The Hall–Kier alpha value is -1.44. The van der Waals surface area contributed by atoms with Crippen LogP contribution in [0.25, 0.3) is 0 Å². The molecule has 0 aromatic heterocycles. The second-order valence-electron chi connectivity index (χ2n) is 5.30. The standard InChI is InChI=1S/C14H21N3O3S/c1-11(16-10-14(18)17-8-2-3-9-17)12-4-6-13(7-5-12)21(15,19)20/h4-7,11,16H,2-3,8-10H2,1H3,(H2,15,19,20). The van der Waals surface area contributed by atoms with Crippen LogP contribution in [0.1, 0.15) is 31.4 Å². The molecule has 1 aromatic carbocycles. The highest BCUT2D eigenvalue weighted by atomic mass is 32.2. The second kappa shape index (κ2) is 6.55. The zero-order valence-corrected chi connectivity index (χ0v) is 12.9. The first-order valence-electron chi connectivity index (χ1n) is 7.02. The third kappa shape index (κ3) is 4.26. The Morgan fingerprint density at radius 2 is 1.86 bits per heavy atom. The average Bonchev–Trinajstić information content (AvgIpc) is 2.98. The van der Waals surface area contributed by atoms with Crippen LogP contribution in [-0.4, -0.2) is 38.9 Å². The molecule has 7 heteroatoms. The molecule has 21 heavy (non-hydrogen) atoms. The van der Waals surface area contributed by atoms with Crippen molar-refractivity contribution in [3.05, 3.63) is 29.8 Å². The summed E-state index contributed by atoms with van der Waals surface area (Å²) < 4.78 is 22.4. The predicted molar refractivity (Wildman–Crippen MR) is 80.0 cm³/mol. The van der Waals surface area contributed by atoms with Crippen molar-refractivity contribution in [3.63, 3.8) is 0 Å². The van der Waals surface area contributed by atoms with Crippen LogP contribution in [0.3, 0.4) is 0 Å². The summed E-state index contributed by atoms with van der Waals surface area (Å²) in [4.78, 5) is 13.9. The molecule has 1 amide bonds. The third-order valence-electron chi connectivity index (χ3n) is 3.73. The van der Waals surface area contributed by atoms with Crippen molar-refractivity contribution >= 4 is 15.9 Å². The van der Waals surface area contributed by atoms with Crippen LogP contribution in [0.4, 0.5) is 0 Å². The lowest BCUT2D eigenvalue weighted by molar-refractivity contribution is -0.129. The van der Waals surface area contributed by atoms with E-state index in [0.717, 1.165) is 31.5 Å². The second-order valence-corrected chi connectivity index (χ2v) is 6.87. The van der Waals surface area contributed by atoms with Crippen molar-refractivity contribution < 1.29 is 13.2 Å². The number of carbonyl (C=O) groups excluding carboxylic acids is 1. The molecule has 1 fully saturated rings. The largest absolute Gasteiger partial charge is 0.342 e. The van der Waals surface area contributed by atoms with Crippen molar-refractivity contribution in [2.45, 2.75) is 30.7 Å². The van der Waals surface area contributed by atoms with E-state index < -0.39 is 10.0 Å². The van der Waals surface area contributed by atoms with Gasteiger partial charge in [0.2, 0.25) is 15.9 Å². The van der Waals surface area contributed by atoms with Gasteiger partial charge in [-0.1, -0.05) is 12.1 Å². The van der Waals surface area contributed by atoms with E-state index in [4.69, 9.17) is 5.14 Å². The number of hydrogen-bond acceptors (Lipinski definition) is 4. The molecule has 1 unspecified atom stereocenters. The molecular formula is C14H21N3O3S. The van der Waals surface area contributed by atoms with Gasteiger partial charge in [-0.25, -0.2) is 13.6 Å². The fourth-order valence-electron chi connectivity index (χ4n) is 2.38. The van der Waals surface area contributed by atoms with Crippen LogP contribution in [0, 0.1) is 0 Å². The van der Waals surface area contributed by atoms with Gasteiger partial charge < -0.3 is 10.2 Å². The topological polar surface area (TPSA) is 92.5 Å². The fraction of sp³-hybridized carbons (Fsp3) is 0.500. The molecule has 0 bridgehead atoms. The lowest BCUT2D eigenvalue weighted by Gasteiger charge is -2.18. The number of hydrogen-bond donors (Lipinski definition) is 2. The normalized spacial score (nSPS) is 17.0. The number of amides is 1. The molecule has 1 aliphatic rings. The van der Waals surface area contributed by atoms with E-state index in [1.54, 1.807) is 12.1 Å². The minimum atomic E-state index is -3.66. The third-order valence-corrected chi connectivity index (χ3v) is 4.66. The highest BCUT2D eigenvalue weighted by molar-refractivity contribution is 7.89. The van der Waals surface area contributed by atoms with E-state index in [2.05, 4.69) is 5.32 Å². The van der Waals surface area contributed by atoms with E-state index in [9.17, 15) is 13.2 Å². The summed E-state index contributed by atoms with van der Waals surface area (Å²) in [7, 11) is -3.66. The summed E-state index contributed by atoms with van der Waals surface area (Å²) >= 11 is 0. The number of nitrogens with zero attached hydrogens (tertiary/aromatic N) is 1. The van der Waals surface area contributed by atoms with Crippen LogP contribution in [0.15, 0.2) is 29.2 Å². The molecule has 116 valence electrons. The van der Waals surface area contributed by atoms with Crippen molar-refractivity contribution in [2.75, 3.05) is 19.6 Å². The van der Waals surface area contributed by atoms with Gasteiger partial charge in [0.15, 0.2) is 0 Å². The molecule has 1 atom stereocenters. The van der Waals surface area contributed by atoms with E-state index in [0.29, 0.717) is 0 Å². The minimum absolute atomic E-state index is 0.0360. The van der Waals surface area contributed by atoms with Gasteiger partial charge >= 0.3 is 0 Å². The summed E-state index contributed by atoms with van der Waals surface area (Å²) in [5.41, 5.74) is 0.914. The minimum Gasteiger partial charge on any atom is -0.342 e. The lowest BCUT2D eigenvalue weighted by Crippen LogP contribution is -2.37. The molecular weight excluding hydrogens is 290 g/mol. The SMILES string of the molecule is CC(NCC(=O)N1CCCC1)c1ccc(S(N)(=O)=O)cc1. The maximum absolute atomic E-state index is 11.9. The Bertz CT molecular complexity index is 592. The summed E-state index contributed by atoms with van der Waals surface area (Å²) in [6.07, 6.45) is 2.16. The number of sulfonamides is 1. The van der Waals surface area contributed by atoms with Gasteiger partial charge in [-0.3, -0.25) is 4.79 Å². The first-order valence-corrected chi connectivity index (χ1v) is 8.56. The van der Waals surface area contributed by atoms with Crippen molar-refractivity contribution in [2.24, 2.45) is 5.14 Å². The zero-order valence-electron chi connectivity index (χ0n) is 12.1. The molecule has 1 heterocycles. The Morgan fingerprint density at radius 1 is 1.29 bits per heavy atom. The molecule has 1 saturated heterocycles. The number of carbonyl (C=O) groups is 1. The van der Waals surface area contributed by atoms with Crippen LogP contribution in [0.5, 0.6) is 0 Å². The average molecular weight is 311 g/mol. The van der Waals surface area contributed by atoms with Crippen LogP contribution in [0.2, 0.25) is 0 Å². The maximum atomic E-state index is 11.9. The molecule has 0 spiro atoms. The predicted octanol–water partition coefficient (Wildman–Crippen LogP) is 0.607. The molecule has 0 aliphatic carbocycles. The Kier molecular flexibility index (Phi) is 4.97. The maximum Gasteiger partial charge on any atom is 0.238 e. The van der Waals surface area contributed by atoms with E-state index >= 15 is 0 Å². The van der Waals surface area contributed by atoms with Crippen molar-refractivity contribution in [1.82, 2.24) is 10.2 Å². The monoisotopic (exact) mass is 311 g/mol. The zero-order chi connectivity index (χ0) is 15.5. The van der Waals surface area contributed by atoms with Gasteiger partial charge in [0, 0.05) is 19.1 Å². The van der Waals surface area contributed by atoms with Crippen LogP contribution in [-0.2, 0) is 14.8 Å². The van der Waals surface area contributed by atoms with E-state index in [1.165, 1.54) is 12.1 Å².